The summed E-state index contributed by atoms with van der Waals surface area (Å²) in [5.41, 5.74) is 4.53. The maximum Gasteiger partial charge on any atom is 0.251 e. The zero-order valence-corrected chi connectivity index (χ0v) is 25.0. The van der Waals surface area contributed by atoms with Gasteiger partial charge in [-0.25, -0.2) is 4.98 Å². The molecule has 214 valence electrons. The molecule has 0 spiro atoms. The maximum atomic E-state index is 12.9. The summed E-state index contributed by atoms with van der Waals surface area (Å²) in [6.45, 7) is 9.00. The lowest BCUT2D eigenvalue weighted by atomic mass is 10.0. The summed E-state index contributed by atoms with van der Waals surface area (Å²) in [7, 11) is 0. The third-order valence-electron chi connectivity index (χ3n) is 6.43. The molecule has 0 fully saturated rings. The van der Waals surface area contributed by atoms with Gasteiger partial charge in [-0.1, -0.05) is 62.4 Å². The highest BCUT2D eigenvalue weighted by atomic mass is 32.2. The summed E-state index contributed by atoms with van der Waals surface area (Å²) in [5, 5.41) is 4.11. The summed E-state index contributed by atoms with van der Waals surface area (Å²) < 4.78 is 13.5. The molecule has 3 aromatic carbocycles. The molecule has 1 aromatic heterocycles. The van der Waals surface area contributed by atoms with Crippen molar-refractivity contribution in [3.05, 3.63) is 96.5 Å². The molecule has 4 rings (SSSR count). The fourth-order valence-corrected chi connectivity index (χ4v) is 5.08. The van der Waals surface area contributed by atoms with Crippen molar-refractivity contribution >= 4 is 29.4 Å². The highest BCUT2D eigenvalue weighted by Crippen LogP contribution is 2.29. The van der Waals surface area contributed by atoms with Crippen LogP contribution in [0.4, 0.5) is 5.69 Å². The van der Waals surface area contributed by atoms with Crippen molar-refractivity contribution in [3.8, 4) is 16.9 Å². The third-order valence-corrected chi connectivity index (χ3v) is 7.48. The number of carbonyl (C=O) groups is 1. The fraction of sp³-hybridized carbons (Fsp3) is 0.294. The largest absolute Gasteiger partial charge is 0.491 e. The summed E-state index contributed by atoms with van der Waals surface area (Å²) in [4.78, 5) is 18.3. The number of aromatic nitrogens is 2. The number of anilines is 1. The van der Waals surface area contributed by atoms with E-state index in [-0.39, 0.29) is 5.91 Å². The van der Waals surface area contributed by atoms with E-state index in [9.17, 15) is 4.79 Å². The summed E-state index contributed by atoms with van der Waals surface area (Å²) in [5.74, 6) is 0.697. The minimum absolute atomic E-state index is 0.128. The van der Waals surface area contributed by atoms with Gasteiger partial charge < -0.3 is 19.4 Å². The van der Waals surface area contributed by atoms with Crippen LogP contribution in [0.25, 0.3) is 17.2 Å². The van der Waals surface area contributed by atoms with E-state index in [2.05, 4.69) is 53.0 Å². The van der Waals surface area contributed by atoms with Gasteiger partial charge in [-0.15, -0.1) is 0 Å². The van der Waals surface area contributed by atoms with Gasteiger partial charge in [0.05, 0.1) is 24.2 Å². The minimum Gasteiger partial charge on any atom is -0.491 e. The summed E-state index contributed by atoms with van der Waals surface area (Å²) in [6, 6.07) is 24.1. The number of rotatable bonds is 15. The maximum absolute atomic E-state index is 12.9. The van der Waals surface area contributed by atoms with Gasteiger partial charge >= 0.3 is 0 Å². The standard InChI is InChI=1S/C34H39N3O3S/c1-4-6-19-39-20-21-40-31-14-10-28(11-15-31)29-9-7-8-27(23-29)22-26(3)34(38)36-30-12-16-32(17-13-30)41-33-24-35-25-37(33)18-5-2/h7-17,22-25H,4-6,18-21H2,1-3H3,(H,36,38)/b26-22+. The SMILES string of the molecule is CCCCOCCOc1ccc(-c2cccc(/C=C(\C)C(=O)Nc3ccc(Sc4cncn4CCC)cc3)c2)cc1. The van der Waals surface area contributed by atoms with Crippen LogP contribution in [0, 0.1) is 0 Å². The molecule has 0 unspecified atom stereocenters. The number of hydrogen-bond acceptors (Lipinski definition) is 5. The van der Waals surface area contributed by atoms with E-state index in [1.165, 1.54) is 0 Å². The van der Waals surface area contributed by atoms with Gasteiger partial charge in [-0.05, 0) is 85.0 Å². The average molecular weight is 570 g/mol. The Hall–Kier alpha value is -3.81. The molecule has 0 saturated carbocycles. The Morgan fingerprint density at radius 3 is 2.51 bits per heavy atom. The zero-order valence-electron chi connectivity index (χ0n) is 24.1. The molecule has 1 amide bonds. The van der Waals surface area contributed by atoms with E-state index in [0.29, 0.717) is 18.8 Å². The van der Waals surface area contributed by atoms with Crippen molar-refractivity contribution < 1.29 is 14.3 Å². The second-order valence-corrected chi connectivity index (χ2v) is 10.9. The Morgan fingerprint density at radius 2 is 1.76 bits per heavy atom. The number of aryl methyl sites for hydroxylation is 1. The van der Waals surface area contributed by atoms with Gasteiger partial charge in [0.25, 0.3) is 5.91 Å². The van der Waals surface area contributed by atoms with Crippen LogP contribution >= 0.6 is 11.8 Å². The second-order valence-electron chi connectivity index (χ2n) is 9.80. The molecule has 0 saturated heterocycles. The average Bonchev–Trinajstić information content (AvgIpc) is 3.43. The first-order valence-electron chi connectivity index (χ1n) is 14.2. The normalized spacial score (nSPS) is 11.4. The molecule has 0 atom stereocenters. The Balaban J connectivity index is 1.31. The van der Waals surface area contributed by atoms with E-state index < -0.39 is 0 Å². The predicted octanol–water partition coefficient (Wildman–Crippen LogP) is 8.35. The Morgan fingerprint density at radius 1 is 0.951 bits per heavy atom. The molecular weight excluding hydrogens is 530 g/mol. The van der Waals surface area contributed by atoms with Crippen LogP contribution in [-0.4, -0.2) is 35.3 Å². The number of nitrogens with zero attached hydrogens (tertiary/aromatic N) is 2. The van der Waals surface area contributed by atoms with Gasteiger partial charge in [-0.2, -0.15) is 0 Å². The van der Waals surface area contributed by atoms with E-state index >= 15 is 0 Å². The zero-order chi connectivity index (χ0) is 28.9. The van der Waals surface area contributed by atoms with Crippen LogP contribution in [0.1, 0.15) is 45.6 Å². The van der Waals surface area contributed by atoms with Gasteiger partial charge in [-0.3, -0.25) is 4.79 Å². The van der Waals surface area contributed by atoms with Crippen molar-refractivity contribution in [3.63, 3.8) is 0 Å². The first-order chi connectivity index (χ1) is 20.1. The number of amides is 1. The number of nitrogens with one attached hydrogen (secondary N) is 1. The molecule has 6 nitrogen and oxygen atoms in total. The lowest BCUT2D eigenvalue weighted by molar-refractivity contribution is -0.112. The molecule has 0 bridgehead atoms. The van der Waals surface area contributed by atoms with Gasteiger partial charge in [0.15, 0.2) is 0 Å². The first-order valence-corrected chi connectivity index (χ1v) is 15.1. The van der Waals surface area contributed by atoms with Crippen LogP contribution < -0.4 is 10.1 Å². The van der Waals surface area contributed by atoms with E-state index in [0.717, 1.165) is 70.5 Å². The van der Waals surface area contributed by atoms with Gasteiger partial charge in [0, 0.05) is 29.3 Å². The molecule has 41 heavy (non-hydrogen) atoms. The molecule has 7 heteroatoms. The van der Waals surface area contributed by atoms with Crippen LogP contribution in [0.2, 0.25) is 0 Å². The monoisotopic (exact) mass is 569 g/mol. The van der Waals surface area contributed by atoms with Crippen molar-refractivity contribution in [1.82, 2.24) is 9.55 Å². The Kier molecular flexibility index (Phi) is 11.7. The van der Waals surface area contributed by atoms with Crippen molar-refractivity contribution in [2.45, 2.75) is 56.5 Å². The predicted molar refractivity (Wildman–Crippen MR) is 168 cm³/mol. The van der Waals surface area contributed by atoms with Gasteiger partial charge in [0.2, 0.25) is 0 Å². The summed E-state index contributed by atoms with van der Waals surface area (Å²) >= 11 is 1.67. The lowest BCUT2D eigenvalue weighted by Crippen LogP contribution is -2.12. The molecular formula is C34H39N3O3S. The van der Waals surface area contributed by atoms with Gasteiger partial charge in [0.1, 0.15) is 12.4 Å². The second kappa shape index (κ2) is 15.8. The molecule has 1 heterocycles. The number of hydrogen-bond donors (Lipinski definition) is 1. The molecule has 4 aromatic rings. The molecule has 0 aliphatic carbocycles. The van der Waals surface area contributed by atoms with E-state index in [4.69, 9.17) is 9.47 Å². The highest BCUT2D eigenvalue weighted by Gasteiger charge is 2.08. The smallest absolute Gasteiger partial charge is 0.251 e. The molecule has 1 N–H and O–H groups in total. The lowest BCUT2D eigenvalue weighted by Gasteiger charge is -2.09. The number of carbonyl (C=O) groups excluding carboxylic acids is 1. The van der Waals surface area contributed by atoms with Crippen molar-refractivity contribution in [2.75, 3.05) is 25.1 Å². The van der Waals surface area contributed by atoms with Crippen LogP contribution in [-0.2, 0) is 16.1 Å². The fourth-order valence-electron chi connectivity index (χ4n) is 4.19. The van der Waals surface area contributed by atoms with Crippen molar-refractivity contribution in [2.24, 2.45) is 0 Å². The van der Waals surface area contributed by atoms with E-state index in [1.807, 2.05) is 74.1 Å². The highest BCUT2D eigenvalue weighted by molar-refractivity contribution is 7.99. The van der Waals surface area contributed by atoms with Crippen molar-refractivity contribution in [1.29, 1.82) is 0 Å². The molecule has 0 aliphatic rings. The number of ether oxygens (including phenoxy) is 2. The molecule has 0 aliphatic heterocycles. The third kappa shape index (κ3) is 9.37. The topological polar surface area (TPSA) is 65.4 Å². The Bertz CT molecular complexity index is 1410. The van der Waals surface area contributed by atoms with Crippen LogP contribution in [0.3, 0.4) is 0 Å². The number of benzene rings is 3. The number of unbranched alkanes of at least 4 members (excludes halogenated alkanes) is 1. The summed E-state index contributed by atoms with van der Waals surface area (Å²) in [6.07, 6.45) is 8.93. The molecule has 0 radical (unpaired) electrons. The van der Waals surface area contributed by atoms with E-state index in [1.54, 1.807) is 11.8 Å². The first kappa shape index (κ1) is 30.2. The van der Waals surface area contributed by atoms with Crippen LogP contribution in [0.15, 0.2) is 101 Å². The number of imidazole rings is 1. The Labute approximate surface area is 247 Å². The minimum atomic E-state index is -0.128. The van der Waals surface area contributed by atoms with Crippen LogP contribution in [0.5, 0.6) is 5.75 Å². The quantitative estimate of drug-likeness (QED) is 0.115.